The Kier molecular flexibility index (Phi) is 8.70. The Balaban J connectivity index is 2.01. The van der Waals surface area contributed by atoms with E-state index in [4.69, 9.17) is 10.5 Å². The summed E-state index contributed by atoms with van der Waals surface area (Å²) in [5.41, 5.74) is 6.33. The molecule has 1 fully saturated rings. The number of nitrogens with two attached hydrogens (primary N) is 1. The fraction of sp³-hybridized carbons (Fsp3) is 1.00. The summed E-state index contributed by atoms with van der Waals surface area (Å²) in [7, 11) is 0. The van der Waals surface area contributed by atoms with Gasteiger partial charge in [-0.25, -0.2) is 0 Å². The molecule has 1 heterocycles. The van der Waals surface area contributed by atoms with Crippen molar-refractivity contribution in [1.29, 1.82) is 0 Å². The molecule has 1 aliphatic heterocycles. The van der Waals surface area contributed by atoms with Crippen LogP contribution in [-0.2, 0) is 4.74 Å². The van der Waals surface area contributed by atoms with Gasteiger partial charge in [0.05, 0.1) is 6.10 Å². The highest BCUT2D eigenvalue weighted by Crippen LogP contribution is 2.27. The zero-order valence-corrected chi connectivity index (χ0v) is 12.5. The van der Waals surface area contributed by atoms with Crippen molar-refractivity contribution in [2.75, 3.05) is 6.61 Å². The SMILES string of the molecule is CCCCCCCCCC(N)C1CCOC1CC. The van der Waals surface area contributed by atoms with Crippen LogP contribution in [0.5, 0.6) is 0 Å². The second kappa shape index (κ2) is 9.80. The van der Waals surface area contributed by atoms with Crippen molar-refractivity contribution in [2.45, 2.75) is 90.2 Å². The highest BCUT2D eigenvalue weighted by atomic mass is 16.5. The van der Waals surface area contributed by atoms with Gasteiger partial charge in [-0.05, 0) is 19.3 Å². The molecule has 0 saturated carbocycles. The van der Waals surface area contributed by atoms with E-state index in [2.05, 4.69) is 13.8 Å². The van der Waals surface area contributed by atoms with Gasteiger partial charge in [0.25, 0.3) is 0 Å². The van der Waals surface area contributed by atoms with Gasteiger partial charge in [0, 0.05) is 18.6 Å². The molecule has 0 amide bonds. The lowest BCUT2D eigenvalue weighted by Crippen LogP contribution is -2.35. The van der Waals surface area contributed by atoms with E-state index in [1.54, 1.807) is 0 Å². The minimum absolute atomic E-state index is 0.369. The van der Waals surface area contributed by atoms with Gasteiger partial charge < -0.3 is 10.5 Å². The van der Waals surface area contributed by atoms with Crippen LogP contribution >= 0.6 is 0 Å². The molecule has 2 heteroatoms. The Labute approximate surface area is 114 Å². The van der Waals surface area contributed by atoms with Crippen LogP contribution in [0.3, 0.4) is 0 Å². The van der Waals surface area contributed by atoms with Crippen LogP contribution < -0.4 is 5.73 Å². The maximum Gasteiger partial charge on any atom is 0.0616 e. The second-order valence-corrected chi connectivity index (χ2v) is 5.84. The van der Waals surface area contributed by atoms with Crippen LogP contribution in [0.15, 0.2) is 0 Å². The van der Waals surface area contributed by atoms with Gasteiger partial charge in [0.2, 0.25) is 0 Å². The molecule has 0 spiro atoms. The van der Waals surface area contributed by atoms with E-state index in [0.717, 1.165) is 13.0 Å². The minimum atomic E-state index is 0.369. The van der Waals surface area contributed by atoms with E-state index in [1.807, 2.05) is 0 Å². The minimum Gasteiger partial charge on any atom is -0.378 e. The average Bonchev–Trinajstić information content (AvgIpc) is 2.85. The van der Waals surface area contributed by atoms with Gasteiger partial charge in [0.1, 0.15) is 0 Å². The molecular weight excluding hydrogens is 222 g/mol. The summed E-state index contributed by atoms with van der Waals surface area (Å²) in [6, 6.07) is 0.369. The molecule has 0 aromatic heterocycles. The molecule has 0 aromatic rings. The largest absolute Gasteiger partial charge is 0.378 e. The normalized spacial score (nSPS) is 25.5. The summed E-state index contributed by atoms with van der Waals surface area (Å²) < 4.78 is 5.73. The topological polar surface area (TPSA) is 35.2 Å². The zero-order chi connectivity index (χ0) is 13.2. The van der Waals surface area contributed by atoms with E-state index < -0.39 is 0 Å². The van der Waals surface area contributed by atoms with Crippen molar-refractivity contribution in [2.24, 2.45) is 11.7 Å². The number of unbranched alkanes of at least 4 members (excludes halogenated alkanes) is 6. The Bertz CT molecular complexity index is 196. The Hall–Kier alpha value is -0.0800. The third-order valence-corrected chi connectivity index (χ3v) is 4.35. The fourth-order valence-corrected chi connectivity index (χ4v) is 3.13. The molecule has 0 bridgehead atoms. The average molecular weight is 255 g/mol. The molecule has 18 heavy (non-hydrogen) atoms. The molecule has 2 N–H and O–H groups in total. The van der Waals surface area contributed by atoms with Crippen molar-refractivity contribution in [3.05, 3.63) is 0 Å². The van der Waals surface area contributed by atoms with Crippen molar-refractivity contribution < 1.29 is 4.74 Å². The first-order valence-corrected chi connectivity index (χ1v) is 8.16. The molecular formula is C16H33NO. The number of hydrogen-bond acceptors (Lipinski definition) is 2. The smallest absolute Gasteiger partial charge is 0.0616 e. The van der Waals surface area contributed by atoms with Crippen LogP contribution in [0.1, 0.15) is 78.1 Å². The number of rotatable bonds is 10. The number of ether oxygens (including phenoxy) is 1. The summed E-state index contributed by atoms with van der Waals surface area (Å²) in [5.74, 6) is 0.620. The Morgan fingerprint density at radius 1 is 1.06 bits per heavy atom. The summed E-state index contributed by atoms with van der Waals surface area (Å²) in [6.07, 6.45) is 13.5. The third-order valence-electron chi connectivity index (χ3n) is 4.35. The Morgan fingerprint density at radius 3 is 2.39 bits per heavy atom. The van der Waals surface area contributed by atoms with Crippen molar-refractivity contribution in [3.8, 4) is 0 Å². The molecule has 0 radical (unpaired) electrons. The summed E-state index contributed by atoms with van der Waals surface area (Å²) in [5, 5.41) is 0. The lowest BCUT2D eigenvalue weighted by atomic mass is 9.88. The molecule has 1 aliphatic rings. The lowest BCUT2D eigenvalue weighted by Gasteiger charge is -2.23. The quantitative estimate of drug-likeness (QED) is 0.592. The van der Waals surface area contributed by atoms with E-state index in [9.17, 15) is 0 Å². The van der Waals surface area contributed by atoms with E-state index in [1.165, 1.54) is 57.8 Å². The fourth-order valence-electron chi connectivity index (χ4n) is 3.13. The van der Waals surface area contributed by atoms with Gasteiger partial charge >= 0.3 is 0 Å². The van der Waals surface area contributed by atoms with Crippen LogP contribution in [-0.4, -0.2) is 18.8 Å². The molecule has 1 saturated heterocycles. The maximum absolute atomic E-state index is 6.33. The van der Waals surface area contributed by atoms with Gasteiger partial charge in [-0.15, -0.1) is 0 Å². The van der Waals surface area contributed by atoms with E-state index in [-0.39, 0.29) is 0 Å². The van der Waals surface area contributed by atoms with Crippen molar-refractivity contribution in [1.82, 2.24) is 0 Å². The first-order valence-electron chi connectivity index (χ1n) is 8.16. The van der Waals surface area contributed by atoms with Crippen molar-refractivity contribution in [3.63, 3.8) is 0 Å². The van der Waals surface area contributed by atoms with Crippen molar-refractivity contribution >= 4 is 0 Å². The highest BCUT2D eigenvalue weighted by molar-refractivity contribution is 4.83. The summed E-state index contributed by atoms with van der Waals surface area (Å²) in [6.45, 7) is 5.41. The predicted molar refractivity (Wildman–Crippen MR) is 78.7 cm³/mol. The summed E-state index contributed by atoms with van der Waals surface area (Å²) in [4.78, 5) is 0. The first-order chi connectivity index (χ1) is 8.79. The predicted octanol–water partition coefficient (Wildman–Crippen LogP) is 4.27. The standard InChI is InChI=1S/C16H33NO/c1-3-5-6-7-8-9-10-11-15(17)14-12-13-18-16(14)4-2/h14-16H,3-13,17H2,1-2H3. The first kappa shape index (κ1) is 16.0. The Morgan fingerprint density at radius 2 is 1.72 bits per heavy atom. The number of hydrogen-bond donors (Lipinski definition) is 1. The molecule has 1 rings (SSSR count). The van der Waals surface area contributed by atoms with Gasteiger partial charge in [-0.3, -0.25) is 0 Å². The second-order valence-electron chi connectivity index (χ2n) is 5.84. The van der Waals surface area contributed by atoms with Crippen LogP contribution in [0.2, 0.25) is 0 Å². The van der Waals surface area contributed by atoms with Gasteiger partial charge in [0.15, 0.2) is 0 Å². The maximum atomic E-state index is 6.33. The lowest BCUT2D eigenvalue weighted by molar-refractivity contribution is 0.0803. The van der Waals surface area contributed by atoms with Crippen LogP contribution in [0.25, 0.3) is 0 Å². The molecule has 108 valence electrons. The molecule has 3 atom stereocenters. The van der Waals surface area contributed by atoms with Gasteiger partial charge in [-0.2, -0.15) is 0 Å². The van der Waals surface area contributed by atoms with Gasteiger partial charge in [-0.1, -0.05) is 58.8 Å². The van der Waals surface area contributed by atoms with E-state index in [0.29, 0.717) is 18.1 Å². The van der Waals surface area contributed by atoms with E-state index >= 15 is 0 Å². The van der Waals surface area contributed by atoms with Crippen LogP contribution in [0.4, 0.5) is 0 Å². The molecule has 3 unspecified atom stereocenters. The molecule has 0 aromatic carbocycles. The monoisotopic (exact) mass is 255 g/mol. The van der Waals surface area contributed by atoms with Crippen LogP contribution in [0, 0.1) is 5.92 Å². The highest BCUT2D eigenvalue weighted by Gasteiger charge is 2.31. The third kappa shape index (κ3) is 5.71. The summed E-state index contributed by atoms with van der Waals surface area (Å²) >= 11 is 0. The zero-order valence-electron chi connectivity index (χ0n) is 12.5. The molecule has 2 nitrogen and oxygen atoms in total. The molecule has 0 aliphatic carbocycles.